The minimum absolute atomic E-state index is 0.103. The molecular formula is C17H14N2O. The van der Waals surface area contributed by atoms with Crippen molar-refractivity contribution in [3.63, 3.8) is 0 Å². The summed E-state index contributed by atoms with van der Waals surface area (Å²) in [5.74, 6) is -0.103. The summed E-state index contributed by atoms with van der Waals surface area (Å²) < 4.78 is 0. The first-order chi connectivity index (χ1) is 9.70. The Bertz CT molecular complexity index is 664. The van der Waals surface area contributed by atoms with Crippen LogP contribution in [0.4, 0.5) is 5.69 Å². The lowest BCUT2D eigenvalue weighted by Gasteiger charge is -2.08. The molecule has 0 heterocycles. The number of benzene rings is 2. The molecule has 0 aliphatic heterocycles. The molecule has 0 saturated heterocycles. The molecule has 3 heteroatoms. The molecule has 1 amide bonds. The fourth-order valence-electron chi connectivity index (χ4n) is 1.95. The van der Waals surface area contributed by atoms with E-state index in [1.165, 1.54) is 13.0 Å². The fraction of sp³-hybridized carbons (Fsp3) is 0.0588. The minimum atomic E-state index is -0.103. The summed E-state index contributed by atoms with van der Waals surface area (Å²) in [6, 6.07) is 19.2. The van der Waals surface area contributed by atoms with E-state index < -0.39 is 0 Å². The van der Waals surface area contributed by atoms with Crippen molar-refractivity contribution in [2.75, 3.05) is 5.32 Å². The number of nitriles is 1. The average Bonchev–Trinajstić information content (AvgIpc) is 2.46. The Balaban J connectivity index is 2.35. The Kier molecular flexibility index (Phi) is 4.31. The topological polar surface area (TPSA) is 52.9 Å². The first-order valence-corrected chi connectivity index (χ1v) is 6.24. The number of nitrogens with zero attached hydrogens (tertiary/aromatic N) is 1. The summed E-state index contributed by atoms with van der Waals surface area (Å²) in [7, 11) is 0. The molecule has 3 nitrogen and oxygen atoms in total. The van der Waals surface area contributed by atoms with Crippen LogP contribution >= 0.6 is 0 Å². The maximum atomic E-state index is 11.0. The summed E-state index contributed by atoms with van der Waals surface area (Å²) in [5.41, 5.74) is 3.53. The summed E-state index contributed by atoms with van der Waals surface area (Å²) in [5, 5.41) is 11.7. The molecule has 0 aliphatic carbocycles. The van der Waals surface area contributed by atoms with Crippen molar-refractivity contribution < 1.29 is 4.79 Å². The lowest BCUT2D eigenvalue weighted by Crippen LogP contribution is -2.05. The molecule has 2 aromatic rings. The zero-order valence-corrected chi connectivity index (χ0v) is 11.1. The summed E-state index contributed by atoms with van der Waals surface area (Å²) in [6.07, 6.45) is 1.53. The Labute approximate surface area is 118 Å². The van der Waals surface area contributed by atoms with Crippen LogP contribution in [0.3, 0.4) is 0 Å². The second-order valence-corrected chi connectivity index (χ2v) is 4.31. The number of allylic oxidation sites excluding steroid dienone is 1. The molecule has 2 aromatic carbocycles. The number of carbonyl (C=O) groups excluding carboxylic acids is 1. The molecule has 0 radical (unpaired) electrons. The first kappa shape index (κ1) is 13.6. The number of hydrogen-bond acceptors (Lipinski definition) is 2. The van der Waals surface area contributed by atoms with Crippen LogP contribution in [0.15, 0.2) is 60.7 Å². The van der Waals surface area contributed by atoms with Gasteiger partial charge in [-0.15, -0.1) is 0 Å². The predicted molar refractivity (Wildman–Crippen MR) is 79.9 cm³/mol. The Hall–Kier alpha value is -2.86. The van der Waals surface area contributed by atoms with E-state index in [0.29, 0.717) is 0 Å². The van der Waals surface area contributed by atoms with Gasteiger partial charge in [0.2, 0.25) is 5.91 Å². The minimum Gasteiger partial charge on any atom is -0.326 e. The second kappa shape index (κ2) is 6.35. The number of carbonyl (C=O) groups is 1. The van der Waals surface area contributed by atoms with Crippen molar-refractivity contribution in [3.05, 3.63) is 71.8 Å². The molecule has 0 bridgehead atoms. The Morgan fingerprint density at radius 3 is 2.20 bits per heavy atom. The number of nitrogens with one attached hydrogen (secondary N) is 1. The van der Waals surface area contributed by atoms with Crippen LogP contribution in [0.5, 0.6) is 0 Å². The Morgan fingerprint density at radius 2 is 1.65 bits per heavy atom. The smallest absolute Gasteiger partial charge is 0.221 e. The van der Waals surface area contributed by atoms with Crippen LogP contribution in [0.25, 0.3) is 5.57 Å². The first-order valence-electron chi connectivity index (χ1n) is 6.24. The number of amides is 1. The quantitative estimate of drug-likeness (QED) is 0.859. The van der Waals surface area contributed by atoms with Gasteiger partial charge >= 0.3 is 0 Å². The SMILES string of the molecule is CC(=O)Nc1ccc(/C(=C/C#N)c2ccccc2)cc1. The van der Waals surface area contributed by atoms with Gasteiger partial charge in [-0.2, -0.15) is 5.26 Å². The van der Waals surface area contributed by atoms with Crippen LogP contribution < -0.4 is 5.32 Å². The third-order valence-electron chi connectivity index (χ3n) is 2.81. The van der Waals surface area contributed by atoms with Crippen LogP contribution in [0.2, 0.25) is 0 Å². The molecule has 0 aromatic heterocycles. The van der Waals surface area contributed by atoms with Gasteiger partial charge in [-0.1, -0.05) is 42.5 Å². The van der Waals surface area contributed by atoms with Crippen LogP contribution in [0, 0.1) is 11.3 Å². The van der Waals surface area contributed by atoms with Crippen molar-refractivity contribution in [1.82, 2.24) is 0 Å². The molecule has 98 valence electrons. The monoisotopic (exact) mass is 262 g/mol. The van der Waals surface area contributed by atoms with Crippen LogP contribution in [-0.4, -0.2) is 5.91 Å². The van der Waals surface area contributed by atoms with Crippen molar-refractivity contribution in [1.29, 1.82) is 5.26 Å². The zero-order chi connectivity index (χ0) is 14.4. The predicted octanol–water partition coefficient (Wildman–Crippen LogP) is 3.60. The van der Waals surface area contributed by atoms with Crippen LogP contribution in [0.1, 0.15) is 18.1 Å². The molecule has 1 N–H and O–H groups in total. The lowest BCUT2D eigenvalue weighted by atomic mass is 9.97. The Morgan fingerprint density at radius 1 is 1.05 bits per heavy atom. The van der Waals surface area contributed by atoms with Gasteiger partial charge in [0.05, 0.1) is 6.07 Å². The molecule has 20 heavy (non-hydrogen) atoms. The molecule has 0 saturated carbocycles. The number of rotatable bonds is 3. The van der Waals surface area contributed by atoms with E-state index in [4.69, 9.17) is 5.26 Å². The van der Waals surface area contributed by atoms with Crippen molar-refractivity contribution >= 4 is 17.2 Å². The highest BCUT2D eigenvalue weighted by Gasteiger charge is 2.05. The van der Waals surface area contributed by atoms with E-state index in [1.807, 2.05) is 54.6 Å². The van der Waals surface area contributed by atoms with Gasteiger partial charge in [-0.25, -0.2) is 0 Å². The summed E-state index contributed by atoms with van der Waals surface area (Å²) >= 11 is 0. The molecule has 0 fully saturated rings. The van der Waals surface area contributed by atoms with Gasteiger partial charge in [-0.3, -0.25) is 4.79 Å². The molecule has 0 aliphatic rings. The summed E-state index contributed by atoms with van der Waals surface area (Å²) in [4.78, 5) is 11.0. The molecule has 0 unspecified atom stereocenters. The lowest BCUT2D eigenvalue weighted by molar-refractivity contribution is -0.114. The third kappa shape index (κ3) is 3.33. The largest absolute Gasteiger partial charge is 0.326 e. The van der Waals surface area contributed by atoms with E-state index >= 15 is 0 Å². The highest BCUT2D eigenvalue weighted by atomic mass is 16.1. The maximum absolute atomic E-state index is 11.0. The fourth-order valence-corrected chi connectivity index (χ4v) is 1.95. The average molecular weight is 262 g/mol. The van der Waals surface area contributed by atoms with Crippen LogP contribution in [-0.2, 0) is 4.79 Å². The van der Waals surface area contributed by atoms with Gasteiger partial charge in [0.1, 0.15) is 0 Å². The van der Waals surface area contributed by atoms with E-state index in [1.54, 1.807) is 0 Å². The standard InChI is InChI=1S/C17H14N2O/c1-13(20)19-16-9-7-15(8-10-16)17(11-12-18)14-5-3-2-4-6-14/h2-11H,1H3,(H,19,20)/b17-11+. The number of anilines is 1. The third-order valence-corrected chi connectivity index (χ3v) is 2.81. The highest BCUT2D eigenvalue weighted by Crippen LogP contribution is 2.24. The van der Waals surface area contributed by atoms with Gasteiger partial charge in [0.25, 0.3) is 0 Å². The van der Waals surface area contributed by atoms with Crippen molar-refractivity contribution in [2.45, 2.75) is 6.92 Å². The molecule has 0 spiro atoms. The van der Waals surface area contributed by atoms with Gasteiger partial charge < -0.3 is 5.32 Å². The van der Waals surface area contributed by atoms with Gasteiger partial charge in [0, 0.05) is 18.7 Å². The number of hydrogen-bond donors (Lipinski definition) is 1. The molecule has 2 rings (SSSR count). The van der Waals surface area contributed by atoms with E-state index in [2.05, 4.69) is 11.4 Å². The zero-order valence-electron chi connectivity index (χ0n) is 11.1. The van der Waals surface area contributed by atoms with Crippen molar-refractivity contribution in [3.8, 4) is 6.07 Å². The molecular weight excluding hydrogens is 248 g/mol. The van der Waals surface area contributed by atoms with Crippen molar-refractivity contribution in [2.24, 2.45) is 0 Å². The van der Waals surface area contributed by atoms with E-state index in [-0.39, 0.29) is 5.91 Å². The maximum Gasteiger partial charge on any atom is 0.221 e. The van der Waals surface area contributed by atoms with E-state index in [0.717, 1.165) is 22.4 Å². The van der Waals surface area contributed by atoms with E-state index in [9.17, 15) is 4.79 Å². The normalized spacial score (nSPS) is 10.7. The second-order valence-electron chi connectivity index (χ2n) is 4.31. The van der Waals surface area contributed by atoms with Gasteiger partial charge in [0.15, 0.2) is 0 Å². The highest BCUT2D eigenvalue weighted by molar-refractivity contribution is 5.89. The molecule has 0 atom stereocenters. The summed E-state index contributed by atoms with van der Waals surface area (Å²) in [6.45, 7) is 1.47. The van der Waals surface area contributed by atoms with Gasteiger partial charge in [-0.05, 0) is 28.8 Å².